The highest BCUT2D eigenvalue weighted by Crippen LogP contribution is 2.49. The van der Waals surface area contributed by atoms with Crippen LogP contribution in [0.4, 0.5) is 4.39 Å². The van der Waals surface area contributed by atoms with Gasteiger partial charge < -0.3 is 10.3 Å². The van der Waals surface area contributed by atoms with Crippen LogP contribution in [0.15, 0.2) is 54.7 Å². The van der Waals surface area contributed by atoms with Gasteiger partial charge >= 0.3 is 0 Å². The highest BCUT2D eigenvalue weighted by molar-refractivity contribution is 5.84. The number of hydrogen-bond donors (Lipinski definition) is 2. The lowest BCUT2D eigenvalue weighted by Gasteiger charge is -2.05. The Hall–Kier alpha value is -2.13. The Bertz CT molecular complexity index is 809. The van der Waals surface area contributed by atoms with Crippen molar-refractivity contribution >= 4 is 10.9 Å². The van der Waals surface area contributed by atoms with E-state index in [9.17, 15) is 4.39 Å². The van der Waals surface area contributed by atoms with E-state index in [-0.39, 0.29) is 5.82 Å². The van der Waals surface area contributed by atoms with Crippen molar-refractivity contribution in [3.63, 3.8) is 0 Å². The van der Waals surface area contributed by atoms with E-state index >= 15 is 0 Å². The third-order valence-corrected chi connectivity index (χ3v) is 5.07. The molecule has 2 unspecified atom stereocenters. The first-order valence-electron chi connectivity index (χ1n) is 8.82. The van der Waals surface area contributed by atoms with Crippen LogP contribution >= 0.6 is 0 Å². The van der Waals surface area contributed by atoms with Crippen LogP contribution in [0, 0.1) is 11.7 Å². The van der Waals surface area contributed by atoms with Gasteiger partial charge in [-0.25, -0.2) is 4.39 Å². The quantitative estimate of drug-likeness (QED) is 0.610. The Labute approximate surface area is 142 Å². The lowest BCUT2D eigenvalue weighted by molar-refractivity contribution is 0.605. The van der Waals surface area contributed by atoms with Gasteiger partial charge in [-0.1, -0.05) is 30.3 Å². The highest BCUT2D eigenvalue weighted by Gasteiger charge is 2.39. The minimum absolute atomic E-state index is 0.153. The molecule has 124 valence electrons. The molecule has 1 aliphatic rings. The van der Waals surface area contributed by atoms with Crippen molar-refractivity contribution in [2.24, 2.45) is 5.92 Å². The summed E-state index contributed by atoms with van der Waals surface area (Å²) in [5, 5.41) is 4.63. The molecule has 0 aliphatic heterocycles. The number of aromatic nitrogens is 1. The van der Waals surface area contributed by atoms with E-state index in [1.807, 2.05) is 6.07 Å². The summed E-state index contributed by atoms with van der Waals surface area (Å²) < 4.78 is 13.5. The van der Waals surface area contributed by atoms with E-state index in [1.165, 1.54) is 30.0 Å². The maximum Gasteiger partial charge on any atom is 0.123 e. The number of halogens is 1. The van der Waals surface area contributed by atoms with E-state index in [1.54, 1.807) is 6.07 Å². The molecule has 0 saturated heterocycles. The third-order valence-electron chi connectivity index (χ3n) is 5.07. The summed E-state index contributed by atoms with van der Waals surface area (Å²) in [4.78, 5) is 3.26. The van der Waals surface area contributed by atoms with Crippen LogP contribution in [0.2, 0.25) is 0 Å². The standard InChI is InChI=1S/C21H23FN2/c22-17-8-9-21-19(12-17)20(14-24-21)18-11-16(18)13-23-10-4-7-15-5-2-1-3-6-15/h1-3,5-6,8-9,12,14,16,18,23-24H,4,7,10-11,13H2. The van der Waals surface area contributed by atoms with Crippen molar-refractivity contribution < 1.29 is 4.39 Å². The summed E-state index contributed by atoms with van der Waals surface area (Å²) in [6.45, 7) is 2.11. The largest absolute Gasteiger partial charge is 0.361 e. The Balaban J connectivity index is 1.24. The first-order chi connectivity index (χ1) is 11.8. The van der Waals surface area contributed by atoms with E-state index < -0.39 is 0 Å². The number of aryl methyl sites for hydroxylation is 1. The lowest BCUT2D eigenvalue weighted by atomic mass is 10.1. The number of H-pyrrole nitrogens is 1. The SMILES string of the molecule is Fc1ccc2[nH]cc(C3CC3CNCCCc3ccccc3)c2c1. The Morgan fingerprint density at radius 2 is 2.00 bits per heavy atom. The van der Waals surface area contributed by atoms with Crippen LogP contribution in [0.3, 0.4) is 0 Å². The van der Waals surface area contributed by atoms with Gasteiger partial charge in [-0.15, -0.1) is 0 Å². The number of hydrogen-bond acceptors (Lipinski definition) is 1. The van der Waals surface area contributed by atoms with Crippen molar-refractivity contribution in [2.45, 2.75) is 25.2 Å². The smallest absolute Gasteiger partial charge is 0.123 e. The molecule has 0 bridgehead atoms. The molecule has 0 spiro atoms. The van der Waals surface area contributed by atoms with Crippen molar-refractivity contribution in [1.29, 1.82) is 0 Å². The molecule has 2 N–H and O–H groups in total. The molecule has 2 atom stereocenters. The fourth-order valence-corrected chi connectivity index (χ4v) is 3.62. The molecule has 4 rings (SSSR count). The van der Waals surface area contributed by atoms with E-state index in [2.05, 4.69) is 46.8 Å². The molecule has 1 saturated carbocycles. The molecule has 0 amide bonds. The molecule has 2 nitrogen and oxygen atoms in total. The maximum atomic E-state index is 13.5. The normalized spacial score (nSPS) is 19.7. The van der Waals surface area contributed by atoms with Gasteiger partial charge in [0.05, 0.1) is 0 Å². The highest BCUT2D eigenvalue weighted by atomic mass is 19.1. The molecule has 24 heavy (non-hydrogen) atoms. The fourth-order valence-electron chi connectivity index (χ4n) is 3.62. The monoisotopic (exact) mass is 322 g/mol. The molecule has 1 fully saturated rings. The van der Waals surface area contributed by atoms with Gasteiger partial charge in [-0.3, -0.25) is 0 Å². The predicted octanol–water partition coefficient (Wildman–Crippen LogP) is 4.63. The van der Waals surface area contributed by atoms with Crippen LogP contribution in [-0.4, -0.2) is 18.1 Å². The molecular formula is C21H23FN2. The van der Waals surface area contributed by atoms with Crippen LogP contribution in [0.5, 0.6) is 0 Å². The average Bonchev–Trinajstić information content (AvgIpc) is 3.25. The van der Waals surface area contributed by atoms with Crippen molar-refractivity contribution in [1.82, 2.24) is 10.3 Å². The first-order valence-corrected chi connectivity index (χ1v) is 8.82. The summed E-state index contributed by atoms with van der Waals surface area (Å²) in [6.07, 6.45) is 5.56. The molecule has 1 heterocycles. The van der Waals surface area contributed by atoms with Crippen LogP contribution in [0.1, 0.15) is 29.9 Å². The van der Waals surface area contributed by atoms with E-state index in [0.29, 0.717) is 11.8 Å². The topological polar surface area (TPSA) is 27.8 Å². The van der Waals surface area contributed by atoms with Gasteiger partial charge in [0, 0.05) is 17.1 Å². The number of benzene rings is 2. The molecule has 2 aromatic carbocycles. The zero-order valence-corrected chi connectivity index (χ0v) is 13.8. The van der Waals surface area contributed by atoms with Crippen molar-refractivity contribution in [3.05, 3.63) is 71.7 Å². The second-order valence-electron chi connectivity index (χ2n) is 6.83. The average molecular weight is 322 g/mol. The molecule has 1 aliphatic carbocycles. The molecule has 1 aromatic heterocycles. The summed E-state index contributed by atoms with van der Waals surface area (Å²) >= 11 is 0. The Morgan fingerprint density at radius 3 is 2.88 bits per heavy atom. The lowest BCUT2D eigenvalue weighted by Crippen LogP contribution is -2.19. The second-order valence-corrected chi connectivity index (χ2v) is 6.83. The first kappa shape index (κ1) is 15.4. The third kappa shape index (κ3) is 3.36. The number of aromatic amines is 1. The number of rotatable bonds is 7. The van der Waals surface area contributed by atoms with Crippen molar-refractivity contribution in [3.8, 4) is 0 Å². The minimum atomic E-state index is -0.153. The van der Waals surface area contributed by atoms with Crippen LogP contribution < -0.4 is 5.32 Å². The second kappa shape index (κ2) is 6.78. The zero-order valence-electron chi connectivity index (χ0n) is 13.8. The summed E-state index contributed by atoms with van der Waals surface area (Å²) in [5.41, 5.74) is 3.72. The van der Waals surface area contributed by atoms with Gasteiger partial charge in [0.1, 0.15) is 5.82 Å². The molecule has 3 heteroatoms. The Kier molecular flexibility index (Phi) is 4.35. The summed E-state index contributed by atoms with van der Waals surface area (Å²) in [5.74, 6) is 1.10. The summed E-state index contributed by atoms with van der Waals surface area (Å²) in [7, 11) is 0. The van der Waals surface area contributed by atoms with Crippen LogP contribution in [0.25, 0.3) is 10.9 Å². The van der Waals surface area contributed by atoms with Crippen molar-refractivity contribution in [2.75, 3.05) is 13.1 Å². The van der Waals surface area contributed by atoms with Crippen LogP contribution in [-0.2, 0) is 6.42 Å². The zero-order chi connectivity index (χ0) is 16.4. The van der Waals surface area contributed by atoms with Gasteiger partial charge in [-0.05, 0) is 73.5 Å². The molecule has 0 radical (unpaired) electrons. The van der Waals surface area contributed by atoms with Gasteiger partial charge in [-0.2, -0.15) is 0 Å². The molecule has 3 aromatic rings. The van der Waals surface area contributed by atoms with Gasteiger partial charge in [0.25, 0.3) is 0 Å². The summed E-state index contributed by atoms with van der Waals surface area (Å²) in [6, 6.07) is 15.6. The minimum Gasteiger partial charge on any atom is -0.361 e. The maximum absolute atomic E-state index is 13.5. The molecular weight excluding hydrogens is 299 g/mol. The van der Waals surface area contributed by atoms with Gasteiger partial charge in [0.15, 0.2) is 0 Å². The number of fused-ring (bicyclic) bond motifs is 1. The fraction of sp³-hybridized carbons (Fsp3) is 0.333. The number of nitrogens with one attached hydrogen (secondary N) is 2. The van der Waals surface area contributed by atoms with E-state index in [0.717, 1.165) is 30.4 Å². The van der Waals surface area contributed by atoms with Gasteiger partial charge in [0.2, 0.25) is 0 Å². The van der Waals surface area contributed by atoms with E-state index in [4.69, 9.17) is 0 Å². The predicted molar refractivity (Wildman–Crippen MR) is 96.7 cm³/mol. The Morgan fingerprint density at radius 1 is 1.12 bits per heavy atom.